The van der Waals surface area contributed by atoms with Gasteiger partial charge < -0.3 is 4.74 Å². The second-order valence-corrected chi connectivity index (χ2v) is 3.24. The number of carbonyl (C=O) groups excluding carboxylic acids is 1. The maximum atomic E-state index is 10.9. The van der Waals surface area contributed by atoms with Gasteiger partial charge in [-0.3, -0.25) is 4.79 Å². The number of carbonyl (C=O) groups is 1. The molecule has 0 aromatic carbocycles. The third kappa shape index (κ3) is 7.54. The molecule has 0 heterocycles. The van der Waals surface area contributed by atoms with Gasteiger partial charge in [0.25, 0.3) is 0 Å². The summed E-state index contributed by atoms with van der Waals surface area (Å²) >= 11 is 0. The van der Waals surface area contributed by atoms with Crippen LogP contribution in [0.5, 0.6) is 0 Å². The van der Waals surface area contributed by atoms with Crippen molar-refractivity contribution in [2.75, 3.05) is 13.2 Å². The molecule has 0 aliphatic heterocycles. The van der Waals surface area contributed by atoms with Crippen molar-refractivity contribution in [2.24, 2.45) is 5.92 Å². The molecule has 0 aliphatic rings. The fourth-order valence-corrected chi connectivity index (χ4v) is 0.703. The predicted molar refractivity (Wildman–Crippen MR) is 45.2 cm³/mol. The monoisotopic (exact) mass is 173 g/mol. The second kappa shape index (κ2) is 7.10. The Morgan fingerprint density at radius 3 is 2.50 bits per heavy atom. The van der Waals surface area contributed by atoms with Crippen LogP contribution in [0, 0.1) is 5.92 Å². The zero-order chi connectivity index (χ0) is 9.40. The number of hydrogen-bond acceptors (Lipinski definition) is 2. The highest BCUT2D eigenvalue weighted by Crippen LogP contribution is 1.99. The van der Waals surface area contributed by atoms with Crippen molar-refractivity contribution in [3.05, 3.63) is 0 Å². The Labute approximate surface area is 73.7 Å². The molecule has 0 saturated carbocycles. The van der Waals surface area contributed by atoms with Crippen molar-refractivity contribution in [3.8, 4) is 0 Å². The molecule has 12 heavy (non-hydrogen) atoms. The molecular formula is C9H17O3. The van der Waals surface area contributed by atoms with Crippen LogP contribution in [0.4, 0.5) is 0 Å². The van der Waals surface area contributed by atoms with Gasteiger partial charge >= 0.3 is 5.97 Å². The summed E-state index contributed by atoms with van der Waals surface area (Å²) in [5.41, 5.74) is 0. The van der Waals surface area contributed by atoms with Crippen molar-refractivity contribution in [2.45, 2.75) is 33.1 Å². The molecule has 3 heteroatoms. The summed E-state index contributed by atoms with van der Waals surface area (Å²) in [6, 6.07) is 0. The van der Waals surface area contributed by atoms with Gasteiger partial charge in [-0.25, -0.2) is 5.11 Å². The minimum absolute atomic E-state index is 0.0997. The summed E-state index contributed by atoms with van der Waals surface area (Å²) in [6.07, 6.45) is 1.60. The van der Waals surface area contributed by atoms with Crippen LogP contribution < -0.4 is 0 Å². The maximum absolute atomic E-state index is 10.9. The first-order valence-electron chi connectivity index (χ1n) is 4.40. The molecule has 0 saturated heterocycles. The third-order valence-electron chi connectivity index (χ3n) is 1.35. The van der Waals surface area contributed by atoms with E-state index in [9.17, 15) is 9.90 Å². The third-order valence-corrected chi connectivity index (χ3v) is 1.35. The Balaban J connectivity index is 3.22. The van der Waals surface area contributed by atoms with Crippen LogP contribution in [0.25, 0.3) is 0 Å². The minimum Gasteiger partial charge on any atom is -0.465 e. The minimum atomic E-state index is -0.183. The van der Waals surface area contributed by atoms with Gasteiger partial charge in [0.2, 0.25) is 0 Å². The van der Waals surface area contributed by atoms with Crippen LogP contribution in [0.15, 0.2) is 0 Å². The van der Waals surface area contributed by atoms with E-state index < -0.39 is 0 Å². The van der Waals surface area contributed by atoms with E-state index in [0.29, 0.717) is 31.8 Å². The normalized spacial score (nSPS) is 10.3. The van der Waals surface area contributed by atoms with Gasteiger partial charge in [-0.1, -0.05) is 13.8 Å². The van der Waals surface area contributed by atoms with E-state index in [4.69, 9.17) is 4.74 Å². The Morgan fingerprint density at radius 1 is 1.33 bits per heavy atom. The van der Waals surface area contributed by atoms with Gasteiger partial charge in [0.15, 0.2) is 0 Å². The van der Waals surface area contributed by atoms with Crippen molar-refractivity contribution in [3.63, 3.8) is 0 Å². The van der Waals surface area contributed by atoms with Crippen LogP contribution >= 0.6 is 0 Å². The molecule has 71 valence electrons. The number of unbranched alkanes of at least 4 members (excludes halogenated alkanes) is 1. The van der Waals surface area contributed by atoms with Crippen molar-refractivity contribution >= 4 is 5.97 Å². The zero-order valence-electron chi connectivity index (χ0n) is 7.84. The molecule has 0 atom stereocenters. The Morgan fingerprint density at radius 2 is 2.00 bits per heavy atom. The summed E-state index contributed by atoms with van der Waals surface area (Å²) in [4.78, 5) is 10.9. The molecule has 0 aliphatic carbocycles. The summed E-state index contributed by atoms with van der Waals surface area (Å²) in [7, 11) is 0. The molecule has 0 bridgehead atoms. The fraction of sp³-hybridized carbons (Fsp3) is 0.889. The molecule has 0 fully saturated rings. The van der Waals surface area contributed by atoms with Crippen LogP contribution in [-0.2, 0) is 14.6 Å². The lowest BCUT2D eigenvalue weighted by Crippen LogP contribution is -2.09. The Hall–Kier alpha value is -0.570. The van der Waals surface area contributed by atoms with Crippen molar-refractivity contribution in [1.82, 2.24) is 0 Å². The highest BCUT2D eigenvalue weighted by atomic mass is 16.5. The number of esters is 1. The van der Waals surface area contributed by atoms with Gasteiger partial charge in [-0.15, -0.1) is 0 Å². The SMILES string of the molecule is CC(C)COC(=O)CCCC[O]. The summed E-state index contributed by atoms with van der Waals surface area (Å²) in [6.45, 7) is 4.36. The maximum Gasteiger partial charge on any atom is 0.305 e. The lowest BCUT2D eigenvalue weighted by Gasteiger charge is -2.05. The van der Waals surface area contributed by atoms with Gasteiger partial charge in [0.1, 0.15) is 0 Å². The molecule has 0 aromatic heterocycles. The Bertz CT molecular complexity index is 121. The van der Waals surface area contributed by atoms with Crippen LogP contribution in [0.1, 0.15) is 33.1 Å². The van der Waals surface area contributed by atoms with E-state index in [0.717, 1.165) is 0 Å². The first-order valence-corrected chi connectivity index (χ1v) is 4.40. The number of ether oxygens (including phenoxy) is 1. The molecule has 0 aromatic rings. The Kier molecular flexibility index (Phi) is 6.76. The van der Waals surface area contributed by atoms with Crippen molar-refractivity contribution in [1.29, 1.82) is 0 Å². The van der Waals surface area contributed by atoms with Crippen LogP contribution in [-0.4, -0.2) is 19.2 Å². The molecule has 1 radical (unpaired) electrons. The van der Waals surface area contributed by atoms with E-state index in [2.05, 4.69) is 0 Å². The van der Waals surface area contributed by atoms with Gasteiger partial charge in [-0.2, -0.15) is 0 Å². The average molecular weight is 173 g/mol. The smallest absolute Gasteiger partial charge is 0.305 e. The summed E-state index contributed by atoms with van der Waals surface area (Å²) in [5, 5.41) is 10.0. The lowest BCUT2D eigenvalue weighted by molar-refractivity contribution is -0.144. The van der Waals surface area contributed by atoms with Gasteiger partial charge in [-0.05, 0) is 18.8 Å². The largest absolute Gasteiger partial charge is 0.465 e. The van der Waals surface area contributed by atoms with E-state index in [1.165, 1.54) is 0 Å². The highest BCUT2D eigenvalue weighted by molar-refractivity contribution is 5.69. The standard InChI is InChI=1S/C9H17O3/c1-8(2)7-12-9(11)5-3-4-6-10/h8H,3-7H2,1-2H3. The first kappa shape index (κ1) is 11.4. The quantitative estimate of drug-likeness (QED) is 0.454. The number of hydrogen-bond donors (Lipinski definition) is 0. The van der Waals surface area contributed by atoms with Gasteiger partial charge in [0.05, 0.1) is 13.2 Å². The van der Waals surface area contributed by atoms with E-state index in [1.807, 2.05) is 13.8 Å². The predicted octanol–water partition coefficient (Wildman–Crippen LogP) is 1.79. The van der Waals surface area contributed by atoms with E-state index >= 15 is 0 Å². The zero-order valence-corrected chi connectivity index (χ0v) is 7.84. The van der Waals surface area contributed by atoms with Crippen molar-refractivity contribution < 1.29 is 14.6 Å². The molecule has 0 unspecified atom stereocenters. The topological polar surface area (TPSA) is 46.2 Å². The second-order valence-electron chi connectivity index (χ2n) is 3.24. The summed E-state index contributed by atoms with van der Waals surface area (Å²) < 4.78 is 4.91. The molecular weight excluding hydrogens is 156 g/mol. The van der Waals surface area contributed by atoms with Gasteiger partial charge in [0, 0.05) is 6.42 Å². The molecule has 0 spiro atoms. The van der Waals surface area contributed by atoms with E-state index in [1.54, 1.807) is 0 Å². The molecule has 0 N–H and O–H groups in total. The number of rotatable bonds is 6. The fourth-order valence-electron chi connectivity index (χ4n) is 0.703. The van der Waals surface area contributed by atoms with Crippen LogP contribution in [0.3, 0.4) is 0 Å². The average Bonchev–Trinajstić information content (AvgIpc) is 2.01. The molecule has 3 nitrogen and oxygen atoms in total. The summed E-state index contributed by atoms with van der Waals surface area (Å²) in [5.74, 6) is 0.200. The van der Waals surface area contributed by atoms with Crippen LogP contribution in [0.2, 0.25) is 0 Å². The highest BCUT2D eigenvalue weighted by Gasteiger charge is 2.03. The first-order chi connectivity index (χ1) is 5.66. The lowest BCUT2D eigenvalue weighted by atomic mass is 10.2. The van der Waals surface area contributed by atoms with E-state index in [-0.39, 0.29) is 12.6 Å². The molecule has 0 amide bonds. The molecule has 0 rings (SSSR count).